The van der Waals surface area contributed by atoms with E-state index in [0.717, 1.165) is 49.0 Å². The third kappa shape index (κ3) is 2.20. The minimum absolute atomic E-state index is 0.168. The first kappa shape index (κ1) is 13.2. The summed E-state index contributed by atoms with van der Waals surface area (Å²) in [5, 5.41) is 14.2. The summed E-state index contributed by atoms with van der Waals surface area (Å²) in [7, 11) is 0. The monoisotopic (exact) mass is 290 g/mol. The second-order valence-corrected chi connectivity index (χ2v) is 5.41. The first-order valence-corrected chi connectivity index (χ1v) is 7.15. The summed E-state index contributed by atoms with van der Waals surface area (Å²) in [4.78, 5) is 11.4. The van der Waals surface area contributed by atoms with E-state index in [4.69, 9.17) is 11.6 Å². The molecule has 0 spiro atoms. The molecule has 1 aromatic heterocycles. The summed E-state index contributed by atoms with van der Waals surface area (Å²) in [5.41, 5.74) is 2.78. The van der Waals surface area contributed by atoms with Crippen LogP contribution >= 0.6 is 11.6 Å². The second-order valence-electron chi connectivity index (χ2n) is 5.00. The molecule has 0 amide bonds. The molecule has 1 N–H and O–H groups in total. The number of carboxylic acid groups (broad SMARTS) is 1. The van der Waals surface area contributed by atoms with Crippen molar-refractivity contribution in [2.75, 3.05) is 0 Å². The summed E-state index contributed by atoms with van der Waals surface area (Å²) < 4.78 is 1.71. The lowest BCUT2D eigenvalue weighted by molar-refractivity contribution is 0.0688. The zero-order chi connectivity index (χ0) is 14.1. The molecule has 1 aliphatic rings. The van der Waals surface area contributed by atoms with Crippen LogP contribution in [0.3, 0.4) is 0 Å². The Labute approximate surface area is 122 Å². The van der Waals surface area contributed by atoms with Gasteiger partial charge in [-0.3, -0.25) is 0 Å². The number of hydrogen-bond donors (Lipinski definition) is 1. The lowest BCUT2D eigenvalue weighted by Gasteiger charge is -2.08. The third-order valence-electron chi connectivity index (χ3n) is 3.71. The highest BCUT2D eigenvalue weighted by molar-refractivity contribution is 6.32. The lowest BCUT2D eigenvalue weighted by Crippen LogP contribution is -2.04. The first-order chi connectivity index (χ1) is 9.68. The van der Waals surface area contributed by atoms with Crippen molar-refractivity contribution in [3.8, 4) is 5.69 Å². The maximum absolute atomic E-state index is 11.4. The van der Waals surface area contributed by atoms with Gasteiger partial charge in [-0.05, 0) is 37.8 Å². The SMILES string of the molecule is O=C(O)c1nn(-c2ccccc2Cl)c2c1CCCCC2. The number of para-hydroxylation sites is 1. The van der Waals surface area contributed by atoms with E-state index in [1.807, 2.05) is 18.2 Å². The Balaban J connectivity index is 2.21. The van der Waals surface area contributed by atoms with Gasteiger partial charge in [-0.25, -0.2) is 9.48 Å². The maximum atomic E-state index is 11.4. The fourth-order valence-electron chi connectivity index (χ4n) is 2.77. The Hall–Kier alpha value is -1.81. The van der Waals surface area contributed by atoms with Gasteiger partial charge in [0, 0.05) is 11.3 Å². The van der Waals surface area contributed by atoms with Crippen LogP contribution in [0.25, 0.3) is 5.69 Å². The molecular formula is C15H15ClN2O2. The number of rotatable bonds is 2. The number of aromatic nitrogens is 2. The number of benzene rings is 1. The van der Waals surface area contributed by atoms with E-state index in [1.54, 1.807) is 10.7 Å². The summed E-state index contributed by atoms with van der Waals surface area (Å²) in [6, 6.07) is 7.40. The predicted molar refractivity (Wildman–Crippen MR) is 76.8 cm³/mol. The van der Waals surface area contributed by atoms with Crippen LogP contribution in [0.1, 0.15) is 41.0 Å². The molecule has 0 bridgehead atoms. The molecule has 5 heteroatoms. The van der Waals surface area contributed by atoms with Gasteiger partial charge >= 0.3 is 5.97 Å². The molecule has 0 radical (unpaired) electrons. The highest BCUT2D eigenvalue weighted by atomic mass is 35.5. The molecule has 0 saturated carbocycles. The molecule has 1 heterocycles. The van der Waals surface area contributed by atoms with Crippen LogP contribution in [-0.4, -0.2) is 20.9 Å². The molecule has 1 aromatic carbocycles. The molecule has 104 valence electrons. The van der Waals surface area contributed by atoms with Gasteiger partial charge in [-0.2, -0.15) is 5.10 Å². The molecule has 2 aromatic rings. The highest BCUT2D eigenvalue weighted by Crippen LogP contribution is 2.28. The van der Waals surface area contributed by atoms with Crippen molar-refractivity contribution < 1.29 is 9.90 Å². The number of carbonyl (C=O) groups is 1. The van der Waals surface area contributed by atoms with Crippen molar-refractivity contribution in [2.24, 2.45) is 0 Å². The Bertz CT molecular complexity index is 664. The zero-order valence-corrected chi connectivity index (χ0v) is 11.7. The number of hydrogen-bond acceptors (Lipinski definition) is 2. The first-order valence-electron chi connectivity index (χ1n) is 6.77. The Morgan fingerprint density at radius 2 is 1.95 bits per heavy atom. The molecule has 4 nitrogen and oxygen atoms in total. The van der Waals surface area contributed by atoms with Gasteiger partial charge in [-0.1, -0.05) is 30.2 Å². The van der Waals surface area contributed by atoms with Crippen LogP contribution in [0, 0.1) is 0 Å². The maximum Gasteiger partial charge on any atom is 0.356 e. The second kappa shape index (κ2) is 5.29. The summed E-state index contributed by atoms with van der Waals surface area (Å²) in [6.45, 7) is 0. The van der Waals surface area contributed by atoms with E-state index < -0.39 is 5.97 Å². The predicted octanol–water partition coefficient (Wildman–Crippen LogP) is 3.49. The largest absolute Gasteiger partial charge is 0.476 e. The molecule has 0 aliphatic heterocycles. The highest BCUT2D eigenvalue weighted by Gasteiger charge is 2.24. The average Bonchev–Trinajstić information content (AvgIpc) is 2.63. The number of fused-ring (bicyclic) bond motifs is 1. The van der Waals surface area contributed by atoms with Gasteiger partial charge in [0.15, 0.2) is 5.69 Å². The molecular weight excluding hydrogens is 276 g/mol. The van der Waals surface area contributed by atoms with E-state index in [1.165, 1.54) is 0 Å². The number of halogens is 1. The molecule has 0 unspecified atom stereocenters. The lowest BCUT2D eigenvalue weighted by atomic mass is 10.1. The number of nitrogens with zero attached hydrogens (tertiary/aromatic N) is 2. The number of aromatic carboxylic acids is 1. The minimum atomic E-state index is -0.964. The molecule has 1 aliphatic carbocycles. The molecule has 0 atom stereocenters. The van der Waals surface area contributed by atoms with Crippen molar-refractivity contribution in [3.63, 3.8) is 0 Å². The van der Waals surface area contributed by atoms with Crippen molar-refractivity contribution in [3.05, 3.63) is 46.2 Å². The third-order valence-corrected chi connectivity index (χ3v) is 4.03. The van der Waals surface area contributed by atoms with Gasteiger partial charge in [0.1, 0.15) is 0 Å². The molecule has 20 heavy (non-hydrogen) atoms. The molecule has 0 saturated heterocycles. The topological polar surface area (TPSA) is 55.1 Å². The van der Waals surface area contributed by atoms with Crippen LogP contribution in [0.2, 0.25) is 5.02 Å². The van der Waals surface area contributed by atoms with Gasteiger partial charge in [0.05, 0.1) is 10.7 Å². The minimum Gasteiger partial charge on any atom is -0.476 e. The fraction of sp³-hybridized carbons (Fsp3) is 0.333. The van der Waals surface area contributed by atoms with Crippen molar-refractivity contribution in [2.45, 2.75) is 32.1 Å². The van der Waals surface area contributed by atoms with E-state index in [2.05, 4.69) is 5.10 Å². The Kier molecular flexibility index (Phi) is 3.49. The van der Waals surface area contributed by atoms with Crippen LogP contribution in [-0.2, 0) is 12.8 Å². The Morgan fingerprint density at radius 1 is 1.20 bits per heavy atom. The Morgan fingerprint density at radius 3 is 2.70 bits per heavy atom. The van der Waals surface area contributed by atoms with Crippen LogP contribution in [0.5, 0.6) is 0 Å². The summed E-state index contributed by atoms with van der Waals surface area (Å²) >= 11 is 6.22. The van der Waals surface area contributed by atoms with Crippen LogP contribution in [0.15, 0.2) is 24.3 Å². The van der Waals surface area contributed by atoms with Crippen molar-refractivity contribution >= 4 is 17.6 Å². The fourth-order valence-corrected chi connectivity index (χ4v) is 2.99. The standard InChI is InChI=1S/C15H15ClN2O2/c16-11-7-4-5-9-13(11)18-12-8-3-1-2-6-10(12)14(17-18)15(19)20/h4-5,7,9H,1-3,6,8H2,(H,19,20). The smallest absolute Gasteiger partial charge is 0.356 e. The van der Waals surface area contributed by atoms with Gasteiger partial charge in [-0.15, -0.1) is 0 Å². The van der Waals surface area contributed by atoms with E-state index in [-0.39, 0.29) is 5.69 Å². The van der Waals surface area contributed by atoms with Gasteiger partial charge in [0.25, 0.3) is 0 Å². The normalized spacial score (nSPS) is 14.7. The van der Waals surface area contributed by atoms with Crippen LogP contribution < -0.4 is 0 Å². The average molecular weight is 291 g/mol. The van der Waals surface area contributed by atoms with Gasteiger partial charge in [0.2, 0.25) is 0 Å². The van der Waals surface area contributed by atoms with E-state index >= 15 is 0 Å². The summed E-state index contributed by atoms with van der Waals surface area (Å²) in [6.07, 6.45) is 4.82. The molecule has 0 fully saturated rings. The van der Waals surface area contributed by atoms with E-state index in [0.29, 0.717) is 5.02 Å². The number of carboxylic acids is 1. The molecule has 3 rings (SSSR count). The zero-order valence-electron chi connectivity index (χ0n) is 11.0. The quantitative estimate of drug-likeness (QED) is 0.861. The summed E-state index contributed by atoms with van der Waals surface area (Å²) in [5.74, 6) is -0.964. The van der Waals surface area contributed by atoms with E-state index in [9.17, 15) is 9.90 Å². The van der Waals surface area contributed by atoms with Crippen molar-refractivity contribution in [1.82, 2.24) is 9.78 Å². The van der Waals surface area contributed by atoms with Crippen LogP contribution in [0.4, 0.5) is 0 Å². The van der Waals surface area contributed by atoms with Crippen molar-refractivity contribution in [1.29, 1.82) is 0 Å². The van der Waals surface area contributed by atoms with Gasteiger partial charge < -0.3 is 5.11 Å².